The van der Waals surface area contributed by atoms with E-state index in [1.165, 1.54) is 5.56 Å². The molecule has 1 aliphatic rings. The lowest BCUT2D eigenvalue weighted by atomic mass is 9.86. The molecule has 0 aliphatic carbocycles. The van der Waals surface area contributed by atoms with Gasteiger partial charge in [-0.25, -0.2) is 0 Å². The van der Waals surface area contributed by atoms with Gasteiger partial charge in [0.05, 0.1) is 0 Å². The standard InChI is InChI=1S/C12H16O/c1-9-8-12(2,3)13-11-7-5-4-6-10(9)11/h4-7,9H,8H2,1-3H3. The second-order valence-electron chi connectivity index (χ2n) is 4.50. The molecule has 1 heteroatoms. The van der Waals surface area contributed by atoms with Gasteiger partial charge in [-0.3, -0.25) is 0 Å². The molecule has 0 fully saturated rings. The van der Waals surface area contributed by atoms with Gasteiger partial charge in [-0.15, -0.1) is 0 Å². The summed E-state index contributed by atoms with van der Waals surface area (Å²) in [6.45, 7) is 6.57. The number of hydrogen-bond donors (Lipinski definition) is 0. The van der Waals surface area contributed by atoms with Crippen molar-refractivity contribution >= 4 is 0 Å². The molecule has 0 spiro atoms. The van der Waals surface area contributed by atoms with Crippen molar-refractivity contribution in [1.29, 1.82) is 0 Å². The predicted octanol–water partition coefficient (Wildman–Crippen LogP) is 3.35. The average Bonchev–Trinajstić information content (AvgIpc) is 2.02. The lowest BCUT2D eigenvalue weighted by Gasteiger charge is -2.36. The van der Waals surface area contributed by atoms with Crippen LogP contribution in [-0.4, -0.2) is 5.60 Å². The summed E-state index contributed by atoms with van der Waals surface area (Å²) in [5.74, 6) is 1.67. The van der Waals surface area contributed by atoms with Crippen LogP contribution in [0.5, 0.6) is 5.75 Å². The molecule has 70 valence electrons. The number of para-hydroxylation sites is 1. The van der Waals surface area contributed by atoms with E-state index in [1.54, 1.807) is 0 Å². The van der Waals surface area contributed by atoms with Gasteiger partial charge in [0.2, 0.25) is 0 Å². The normalized spacial score (nSPS) is 24.7. The number of fused-ring (bicyclic) bond motifs is 1. The fraction of sp³-hybridized carbons (Fsp3) is 0.500. The summed E-state index contributed by atoms with van der Waals surface area (Å²) in [5.41, 5.74) is 1.34. The molecular weight excluding hydrogens is 160 g/mol. The van der Waals surface area contributed by atoms with Gasteiger partial charge in [-0.2, -0.15) is 0 Å². The lowest BCUT2D eigenvalue weighted by Crippen LogP contribution is -2.33. The van der Waals surface area contributed by atoms with Crippen LogP contribution in [0.4, 0.5) is 0 Å². The quantitative estimate of drug-likeness (QED) is 0.589. The Morgan fingerprint density at radius 3 is 2.77 bits per heavy atom. The molecule has 0 aromatic heterocycles. The Bertz CT molecular complexity index is 315. The minimum Gasteiger partial charge on any atom is -0.488 e. The molecule has 0 radical (unpaired) electrons. The third-order valence-electron chi connectivity index (χ3n) is 2.63. The summed E-state index contributed by atoms with van der Waals surface area (Å²) in [7, 11) is 0. The second kappa shape index (κ2) is 2.76. The van der Waals surface area contributed by atoms with Crippen molar-refractivity contribution in [2.45, 2.75) is 38.7 Å². The van der Waals surface area contributed by atoms with Gasteiger partial charge >= 0.3 is 0 Å². The smallest absolute Gasteiger partial charge is 0.123 e. The Hall–Kier alpha value is -0.980. The molecule has 1 unspecified atom stereocenters. The highest BCUT2D eigenvalue weighted by Crippen LogP contribution is 2.39. The maximum atomic E-state index is 5.89. The Morgan fingerprint density at radius 2 is 2.00 bits per heavy atom. The van der Waals surface area contributed by atoms with E-state index in [2.05, 4.69) is 39.0 Å². The molecule has 1 atom stereocenters. The van der Waals surface area contributed by atoms with Gasteiger partial charge in [0, 0.05) is 0 Å². The van der Waals surface area contributed by atoms with Crippen LogP contribution in [-0.2, 0) is 0 Å². The Labute approximate surface area is 79.7 Å². The minimum atomic E-state index is -0.00618. The summed E-state index contributed by atoms with van der Waals surface area (Å²) in [6, 6.07) is 8.34. The molecule has 1 aromatic carbocycles. The first-order valence-electron chi connectivity index (χ1n) is 4.86. The number of benzene rings is 1. The highest BCUT2D eigenvalue weighted by molar-refractivity contribution is 5.38. The fourth-order valence-electron chi connectivity index (χ4n) is 2.17. The van der Waals surface area contributed by atoms with Gasteiger partial charge in [-0.1, -0.05) is 25.1 Å². The van der Waals surface area contributed by atoms with Crippen LogP contribution in [0.2, 0.25) is 0 Å². The summed E-state index contributed by atoms with van der Waals surface area (Å²) in [4.78, 5) is 0. The van der Waals surface area contributed by atoms with Crippen molar-refractivity contribution < 1.29 is 4.74 Å². The average molecular weight is 176 g/mol. The van der Waals surface area contributed by atoms with Gasteiger partial charge in [0.1, 0.15) is 11.4 Å². The molecule has 1 heterocycles. The monoisotopic (exact) mass is 176 g/mol. The van der Waals surface area contributed by atoms with Crippen LogP contribution < -0.4 is 4.74 Å². The Balaban J connectivity index is 2.43. The van der Waals surface area contributed by atoms with Crippen LogP contribution >= 0.6 is 0 Å². The highest BCUT2D eigenvalue weighted by atomic mass is 16.5. The molecule has 1 aliphatic heterocycles. The first-order chi connectivity index (χ1) is 6.08. The van der Waals surface area contributed by atoms with Crippen LogP contribution in [0.15, 0.2) is 24.3 Å². The Morgan fingerprint density at radius 1 is 1.31 bits per heavy atom. The number of ether oxygens (including phenoxy) is 1. The van der Waals surface area contributed by atoms with Crippen molar-refractivity contribution in [3.63, 3.8) is 0 Å². The van der Waals surface area contributed by atoms with E-state index in [0.29, 0.717) is 5.92 Å². The summed E-state index contributed by atoms with van der Waals surface area (Å²) < 4.78 is 5.89. The summed E-state index contributed by atoms with van der Waals surface area (Å²) in [6.07, 6.45) is 1.10. The van der Waals surface area contributed by atoms with Crippen molar-refractivity contribution in [3.05, 3.63) is 29.8 Å². The number of hydrogen-bond acceptors (Lipinski definition) is 1. The topological polar surface area (TPSA) is 9.23 Å². The first kappa shape index (κ1) is 8.61. The van der Waals surface area contributed by atoms with E-state index in [0.717, 1.165) is 12.2 Å². The summed E-state index contributed by atoms with van der Waals surface area (Å²) >= 11 is 0. The molecule has 1 nitrogen and oxygen atoms in total. The Kier molecular flexibility index (Phi) is 1.83. The molecular formula is C12H16O. The third-order valence-corrected chi connectivity index (χ3v) is 2.63. The van der Waals surface area contributed by atoms with Gasteiger partial charge < -0.3 is 4.74 Å². The maximum absolute atomic E-state index is 5.89. The summed E-state index contributed by atoms with van der Waals surface area (Å²) in [5, 5.41) is 0. The van der Waals surface area contributed by atoms with E-state index in [9.17, 15) is 0 Å². The first-order valence-corrected chi connectivity index (χ1v) is 4.86. The van der Waals surface area contributed by atoms with E-state index >= 15 is 0 Å². The van der Waals surface area contributed by atoms with Crippen LogP contribution in [0.1, 0.15) is 38.7 Å². The predicted molar refractivity (Wildman–Crippen MR) is 54.2 cm³/mol. The molecule has 0 N–H and O–H groups in total. The lowest BCUT2D eigenvalue weighted by molar-refractivity contribution is 0.0747. The van der Waals surface area contributed by atoms with Crippen LogP contribution in [0.3, 0.4) is 0 Å². The molecule has 0 bridgehead atoms. The van der Waals surface area contributed by atoms with Crippen molar-refractivity contribution in [3.8, 4) is 5.75 Å². The van der Waals surface area contributed by atoms with E-state index in [4.69, 9.17) is 4.74 Å². The van der Waals surface area contributed by atoms with Crippen molar-refractivity contribution in [2.75, 3.05) is 0 Å². The van der Waals surface area contributed by atoms with Crippen molar-refractivity contribution in [2.24, 2.45) is 0 Å². The SMILES string of the molecule is CC1CC(C)(C)Oc2ccccc21. The molecule has 13 heavy (non-hydrogen) atoms. The zero-order valence-corrected chi connectivity index (χ0v) is 8.50. The molecule has 0 saturated carbocycles. The third kappa shape index (κ3) is 1.55. The number of rotatable bonds is 0. The fourth-order valence-corrected chi connectivity index (χ4v) is 2.17. The van der Waals surface area contributed by atoms with E-state index in [-0.39, 0.29) is 5.60 Å². The highest BCUT2D eigenvalue weighted by Gasteiger charge is 2.30. The van der Waals surface area contributed by atoms with E-state index in [1.807, 2.05) is 6.07 Å². The van der Waals surface area contributed by atoms with Crippen LogP contribution in [0, 0.1) is 0 Å². The molecule has 0 saturated heterocycles. The van der Waals surface area contributed by atoms with Gasteiger partial charge in [0.15, 0.2) is 0 Å². The van der Waals surface area contributed by atoms with E-state index < -0.39 is 0 Å². The largest absolute Gasteiger partial charge is 0.488 e. The zero-order chi connectivity index (χ0) is 9.47. The van der Waals surface area contributed by atoms with Crippen molar-refractivity contribution in [1.82, 2.24) is 0 Å². The van der Waals surface area contributed by atoms with Gasteiger partial charge in [-0.05, 0) is 37.8 Å². The molecule has 0 amide bonds. The van der Waals surface area contributed by atoms with Gasteiger partial charge in [0.25, 0.3) is 0 Å². The second-order valence-corrected chi connectivity index (χ2v) is 4.50. The minimum absolute atomic E-state index is 0.00618. The zero-order valence-electron chi connectivity index (χ0n) is 8.50. The van der Waals surface area contributed by atoms with Crippen LogP contribution in [0.25, 0.3) is 0 Å². The maximum Gasteiger partial charge on any atom is 0.123 e. The molecule has 1 aromatic rings. The molecule has 2 rings (SSSR count).